The number of nitrogens with one attached hydrogen (secondary N) is 2. The van der Waals surface area contributed by atoms with Crippen molar-refractivity contribution in [1.82, 2.24) is 0 Å². The predicted octanol–water partition coefficient (Wildman–Crippen LogP) is 5.48. The molecule has 0 amide bonds. The summed E-state index contributed by atoms with van der Waals surface area (Å²) in [4.78, 5) is 13.3. The van der Waals surface area contributed by atoms with E-state index < -0.39 is 0 Å². The zero-order valence-electron chi connectivity index (χ0n) is 15.3. The molecule has 3 aromatic rings. The van der Waals surface area contributed by atoms with Gasteiger partial charge in [-0.05, 0) is 72.9 Å². The molecule has 0 heterocycles. The third kappa shape index (κ3) is 5.84. The van der Waals surface area contributed by atoms with Crippen molar-refractivity contribution in [2.24, 2.45) is 0 Å². The van der Waals surface area contributed by atoms with Crippen LogP contribution in [0.4, 0.5) is 11.4 Å². The van der Waals surface area contributed by atoms with Gasteiger partial charge in [0.05, 0.1) is 12.9 Å². The SMILES string of the molecule is COc1ccc(C(=O)CSc2ccc(NC(=S)Nc3ccccc3)cc2)cc1. The molecule has 0 unspecified atom stereocenters. The van der Waals surface area contributed by atoms with E-state index in [2.05, 4.69) is 10.6 Å². The number of thiocarbonyl (C=S) groups is 1. The van der Waals surface area contributed by atoms with E-state index in [-0.39, 0.29) is 5.78 Å². The molecule has 142 valence electrons. The molecule has 0 atom stereocenters. The van der Waals surface area contributed by atoms with Crippen molar-refractivity contribution in [2.45, 2.75) is 4.90 Å². The van der Waals surface area contributed by atoms with Gasteiger partial charge in [0.25, 0.3) is 0 Å². The number of methoxy groups -OCH3 is 1. The van der Waals surface area contributed by atoms with E-state index in [0.29, 0.717) is 16.4 Å². The largest absolute Gasteiger partial charge is 0.497 e. The average molecular weight is 409 g/mol. The van der Waals surface area contributed by atoms with Crippen LogP contribution < -0.4 is 15.4 Å². The molecule has 2 N–H and O–H groups in total. The van der Waals surface area contributed by atoms with Crippen LogP contribution in [0.25, 0.3) is 0 Å². The molecule has 3 aromatic carbocycles. The summed E-state index contributed by atoms with van der Waals surface area (Å²) in [5.74, 6) is 1.21. The van der Waals surface area contributed by atoms with Gasteiger partial charge in [-0.25, -0.2) is 0 Å². The number of carbonyl (C=O) groups excluding carboxylic acids is 1. The lowest BCUT2D eigenvalue weighted by Crippen LogP contribution is -2.18. The number of Topliss-reactive ketones (excluding diaryl/α,β-unsaturated/α-hetero) is 1. The molecule has 0 aromatic heterocycles. The first-order valence-corrected chi connectivity index (χ1v) is 10.1. The Bertz CT molecular complexity index is 927. The first-order chi connectivity index (χ1) is 13.6. The standard InChI is InChI=1S/C22H20N2O2S2/c1-26-19-11-7-16(8-12-19)21(25)15-28-20-13-9-18(10-14-20)24-22(27)23-17-5-3-2-4-6-17/h2-14H,15H2,1H3,(H2,23,24,27). The molecule has 6 heteroatoms. The number of carbonyl (C=O) groups is 1. The van der Waals surface area contributed by atoms with E-state index in [1.165, 1.54) is 11.8 Å². The molecule has 0 saturated heterocycles. The maximum Gasteiger partial charge on any atom is 0.175 e. The van der Waals surface area contributed by atoms with Gasteiger partial charge < -0.3 is 15.4 Å². The monoisotopic (exact) mass is 408 g/mol. The molecule has 0 radical (unpaired) electrons. The van der Waals surface area contributed by atoms with E-state index in [9.17, 15) is 4.79 Å². The van der Waals surface area contributed by atoms with E-state index in [1.807, 2.05) is 54.6 Å². The van der Waals surface area contributed by atoms with Gasteiger partial charge in [0.2, 0.25) is 0 Å². The van der Waals surface area contributed by atoms with Crippen molar-refractivity contribution >= 4 is 46.3 Å². The third-order valence-electron chi connectivity index (χ3n) is 3.93. The second-order valence-electron chi connectivity index (χ2n) is 5.91. The van der Waals surface area contributed by atoms with Crippen LogP contribution in [-0.2, 0) is 0 Å². The van der Waals surface area contributed by atoms with Crippen LogP contribution in [0, 0.1) is 0 Å². The van der Waals surface area contributed by atoms with Gasteiger partial charge in [-0.15, -0.1) is 11.8 Å². The Hall–Kier alpha value is -2.83. The van der Waals surface area contributed by atoms with E-state index in [0.717, 1.165) is 22.0 Å². The minimum atomic E-state index is 0.0862. The van der Waals surface area contributed by atoms with Crippen molar-refractivity contribution in [3.63, 3.8) is 0 Å². The van der Waals surface area contributed by atoms with Gasteiger partial charge >= 0.3 is 0 Å². The number of ketones is 1. The fraction of sp³-hybridized carbons (Fsp3) is 0.0909. The van der Waals surface area contributed by atoms with Crippen LogP contribution >= 0.6 is 24.0 Å². The number of ether oxygens (including phenoxy) is 1. The van der Waals surface area contributed by atoms with Gasteiger partial charge in [-0.3, -0.25) is 4.79 Å². The highest BCUT2D eigenvalue weighted by molar-refractivity contribution is 8.00. The van der Waals surface area contributed by atoms with Crippen molar-refractivity contribution in [3.8, 4) is 5.75 Å². The Balaban J connectivity index is 1.49. The summed E-state index contributed by atoms with van der Waals surface area (Å²) in [6.07, 6.45) is 0. The summed E-state index contributed by atoms with van der Waals surface area (Å²) in [6, 6.07) is 24.8. The number of hydrogen-bond acceptors (Lipinski definition) is 4. The van der Waals surface area contributed by atoms with E-state index >= 15 is 0 Å². The van der Waals surface area contributed by atoms with Crippen LogP contribution in [0.5, 0.6) is 5.75 Å². The lowest BCUT2D eigenvalue weighted by Gasteiger charge is -2.11. The quantitative estimate of drug-likeness (QED) is 0.307. The van der Waals surface area contributed by atoms with Crippen LogP contribution in [0.1, 0.15) is 10.4 Å². The zero-order chi connectivity index (χ0) is 19.8. The fourth-order valence-corrected chi connectivity index (χ4v) is 3.49. The smallest absolute Gasteiger partial charge is 0.175 e. The number of benzene rings is 3. The van der Waals surface area contributed by atoms with E-state index in [4.69, 9.17) is 17.0 Å². The number of thioether (sulfide) groups is 1. The normalized spacial score (nSPS) is 10.2. The third-order valence-corrected chi connectivity index (χ3v) is 5.14. The minimum Gasteiger partial charge on any atom is -0.497 e. The lowest BCUT2D eigenvalue weighted by molar-refractivity contribution is 0.102. The summed E-state index contributed by atoms with van der Waals surface area (Å²) in [7, 11) is 1.61. The summed E-state index contributed by atoms with van der Waals surface area (Å²) >= 11 is 6.83. The lowest BCUT2D eigenvalue weighted by atomic mass is 10.1. The topological polar surface area (TPSA) is 50.4 Å². The molecule has 3 rings (SSSR count). The maximum atomic E-state index is 12.3. The number of hydrogen-bond donors (Lipinski definition) is 2. The molecule has 28 heavy (non-hydrogen) atoms. The first kappa shape index (κ1) is 19.9. The molecule has 0 bridgehead atoms. The molecular weight excluding hydrogens is 388 g/mol. The molecule has 0 spiro atoms. The van der Waals surface area contributed by atoms with Crippen LogP contribution in [-0.4, -0.2) is 23.8 Å². The van der Waals surface area contributed by atoms with Crippen molar-refractivity contribution in [1.29, 1.82) is 0 Å². The van der Waals surface area contributed by atoms with Crippen molar-refractivity contribution < 1.29 is 9.53 Å². The molecular formula is C22H20N2O2S2. The van der Waals surface area contributed by atoms with Crippen LogP contribution in [0.3, 0.4) is 0 Å². The number of anilines is 2. The Labute approximate surface area is 174 Å². The van der Waals surface area contributed by atoms with Crippen molar-refractivity contribution in [3.05, 3.63) is 84.4 Å². The summed E-state index contributed by atoms with van der Waals surface area (Å²) < 4.78 is 5.11. The summed E-state index contributed by atoms with van der Waals surface area (Å²) in [6.45, 7) is 0. The molecule has 0 saturated carbocycles. The summed E-state index contributed by atoms with van der Waals surface area (Å²) in [5.41, 5.74) is 2.51. The van der Waals surface area contributed by atoms with Crippen LogP contribution in [0.15, 0.2) is 83.8 Å². The predicted molar refractivity (Wildman–Crippen MR) is 121 cm³/mol. The molecule has 0 aliphatic heterocycles. The molecule has 4 nitrogen and oxygen atoms in total. The Morgan fingerprint density at radius 2 is 1.50 bits per heavy atom. The van der Waals surface area contributed by atoms with Gasteiger partial charge in [0.1, 0.15) is 5.75 Å². The van der Waals surface area contributed by atoms with E-state index in [1.54, 1.807) is 31.4 Å². The maximum absolute atomic E-state index is 12.3. The van der Waals surface area contributed by atoms with Gasteiger partial charge in [-0.1, -0.05) is 18.2 Å². The van der Waals surface area contributed by atoms with Crippen molar-refractivity contribution in [2.75, 3.05) is 23.5 Å². The highest BCUT2D eigenvalue weighted by Gasteiger charge is 2.07. The molecule has 0 fully saturated rings. The minimum absolute atomic E-state index is 0.0862. The zero-order valence-corrected chi connectivity index (χ0v) is 17.0. The van der Waals surface area contributed by atoms with Gasteiger partial charge in [0.15, 0.2) is 10.9 Å². The van der Waals surface area contributed by atoms with Gasteiger partial charge in [-0.2, -0.15) is 0 Å². The van der Waals surface area contributed by atoms with Crippen LogP contribution in [0.2, 0.25) is 0 Å². The van der Waals surface area contributed by atoms with Gasteiger partial charge in [0, 0.05) is 21.8 Å². The number of rotatable bonds is 7. The molecule has 0 aliphatic carbocycles. The number of para-hydroxylation sites is 1. The molecule has 0 aliphatic rings. The Morgan fingerprint density at radius 3 is 2.11 bits per heavy atom. The average Bonchev–Trinajstić information content (AvgIpc) is 2.73. The Kier molecular flexibility index (Phi) is 7.06. The highest BCUT2D eigenvalue weighted by Crippen LogP contribution is 2.22. The second kappa shape index (κ2) is 9.92. The summed E-state index contributed by atoms with van der Waals surface area (Å²) in [5, 5.41) is 6.81. The second-order valence-corrected chi connectivity index (χ2v) is 7.37. The highest BCUT2D eigenvalue weighted by atomic mass is 32.2. The first-order valence-electron chi connectivity index (χ1n) is 8.67. The Morgan fingerprint density at radius 1 is 0.893 bits per heavy atom. The fourth-order valence-electron chi connectivity index (χ4n) is 2.46.